The number of carbonyl (C=O) groups is 1. The van der Waals surface area contributed by atoms with Crippen molar-refractivity contribution in [1.82, 2.24) is 9.97 Å². The number of hydrogen-bond acceptors (Lipinski definition) is 4. The second-order valence-corrected chi connectivity index (χ2v) is 13.0. The summed E-state index contributed by atoms with van der Waals surface area (Å²) in [5, 5.41) is 9.67. The third kappa shape index (κ3) is 14.1. The third-order valence-electron chi connectivity index (χ3n) is 8.88. The number of hydrogen-bond donors (Lipinski definition) is 1. The molecule has 0 spiro atoms. The predicted molar refractivity (Wildman–Crippen MR) is 196 cm³/mol. The van der Waals surface area contributed by atoms with E-state index in [1.165, 1.54) is 111 Å². The zero-order chi connectivity index (χ0) is 32.9. The number of aromatic nitrogens is 2. The maximum Gasteiger partial charge on any atom is 0.155 e. The van der Waals surface area contributed by atoms with Crippen LogP contribution in [0.4, 0.5) is 0 Å². The minimum atomic E-state index is -0.0861. The summed E-state index contributed by atoms with van der Waals surface area (Å²) in [7, 11) is 0. The molecular weight excluding hydrogens is 576 g/mol. The van der Waals surface area contributed by atoms with Gasteiger partial charge in [0.05, 0.1) is 17.1 Å². The molecule has 0 unspecified atom stereocenters. The number of pyridine rings is 2. The molecule has 2 aromatic heterocycles. The Bertz CT molecular complexity index is 1510. The molecule has 2 heterocycles. The van der Waals surface area contributed by atoms with Gasteiger partial charge < -0.3 is 5.11 Å². The van der Waals surface area contributed by atoms with Gasteiger partial charge in [-0.3, -0.25) is 14.8 Å². The first-order valence-corrected chi connectivity index (χ1v) is 18.0. The fourth-order valence-electron chi connectivity index (χ4n) is 6.28. The normalized spacial score (nSPS) is 11.6. The van der Waals surface area contributed by atoms with Crippen molar-refractivity contribution in [3.8, 4) is 22.5 Å². The minimum Gasteiger partial charge on any atom is -0.512 e. The molecule has 248 valence electrons. The zero-order valence-electron chi connectivity index (χ0n) is 28.5. The molecular formula is C43H54N2O2. The second-order valence-electron chi connectivity index (χ2n) is 13.0. The maximum atomic E-state index is 11.0. The standard InChI is InChI=1S/C43H54N2O2/c1-35(46)31-41(47)26-14-10-4-2-3-7-13-21-38-28-30-45-43(34-38)40-25-18-23-37(33-40)20-12-9-6-5-8-11-19-36-22-17-24-39(32-36)42-27-15-16-29-44-42/h15-18,22-25,27-34,47H,2-14,19-21,26H2,1H3. The molecule has 0 radical (unpaired) electrons. The summed E-state index contributed by atoms with van der Waals surface area (Å²) in [5.74, 6) is 0.131. The fourth-order valence-corrected chi connectivity index (χ4v) is 6.28. The van der Waals surface area contributed by atoms with Gasteiger partial charge in [0.1, 0.15) is 0 Å². The van der Waals surface area contributed by atoms with Crippen LogP contribution in [0.1, 0.15) is 114 Å². The average Bonchev–Trinajstić information content (AvgIpc) is 3.09. The maximum absolute atomic E-state index is 11.0. The van der Waals surface area contributed by atoms with Crippen molar-refractivity contribution in [2.75, 3.05) is 0 Å². The van der Waals surface area contributed by atoms with Crippen LogP contribution in [0.3, 0.4) is 0 Å². The van der Waals surface area contributed by atoms with E-state index in [2.05, 4.69) is 71.7 Å². The Morgan fingerprint density at radius 2 is 1.06 bits per heavy atom. The summed E-state index contributed by atoms with van der Waals surface area (Å²) in [6.07, 6.45) is 25.0. The number of allylic oxidation sites excluding steroid dienone is 2. The van der Waals surface area contributed by atoms with Crippen molar-refractivity contribution >= 4 is 5.78 Å². The zero-order valence-corrected chi connectivity index (χ0v) is 28.5. The Kier molecular flexibility index (Phi) is 16.0. The lowest BCUT2D eigenvalue weighted by Crippen LogP contribution is -1.92. The van der Waals surface area contributed by atoms with E-state index in [1.807, 2.05) is 24.5 Å². The van der Waals surface area contributed by atoms with Crippen LogP contribution in [-0.2, 0) is 24.1 Å². The molecule has 4 aromatic rings. The van der Waals surface area contributed by atoms with Crippen LogP contribution >= 0.6 is 0 Å². The molecule has 47 heavy (non-hydrogen) atoms. The molecule has 0 bridgehead atoms. The van der Waals surface area contributed by atoms with Crippen molar-refractivity contribution in [1.29, 1.82) is 0 Å². The van der Waals surface area contributed by atoms with Gasteiger partial charge in [-0.2, -0.15) is 0 Å². The summed E-state index contributed by atoms with van der Waals surface area (Å²) in [5.41, 5.74) is 8.75. The van der Waals surface area contributed by atoms with E-state index in [9.17, 15) is 9.90 Å². The number of rotatable bonds is 22. The number of aliphatic hydroxyl groups is 1. The lowest BCUT2D eigenvalue weighted by Gasteiger charge is -2.08. The Hall–Kier alpha value is -4.05. The lowest BCUT2D eigenvalue weighted by atomic mass is 9.99. The van der Waals surface area contributed by atoms with Gasteiger partial charge in [0.2, 0.25) is 0 Å². The van der Waals surface area contributed by atoms with E-state index in [0.717, 1.165) is 43.5 Å². The van der Waals surface area contributed by atoms with Gasteiger partial charge in [0.25, 0.3) is 0 Å². The molecule has 4 nitrogen and oxygen atoms in total. The molecule has 4 rings (SSSR count). The van der Waals surface area contributed by atoms with Gasteiger partial charge >= 0.3 is 0 Å². The van der Waals surface area contributed by atoms with Crippen molar-refractivity contribution < 1.29 is 9.90 Å². The van der Waals surface area contributed by atoms with Crippen LogP contribution in [0, 0.1) is 0 Å². The summed E-state index contributed by atoms with van der Waals surface area (Å²) < 4.78 is 0. The van der Waals surface area contributed by atoms with Crippen molar-refractivity contribution in [2.45, 2.75) is 116 Å². The highest BCUT2D eigenvalue weighted by Crippen LogP contribution is 2.23. The number of carbonyl (C=O) groups excluding carboxylic acids is 1. The van der Waals surface area contributed by atoms with Crippen LogP contribution in [0.5, 0.6) is 0 Å². The smallest absolute Gasteiger partial charge is 0.155 e. The second kappa shape index (κ2) is 20.9. The highest BCUT2D eigenvalue weighted by molar-refractivity contribution is 5.87. The third-order valence-corrected chi connectivity index (χ3v) is 8.88. The number of nitrogens with zero attached hydrogens (tertiary/aromatic N) is 2. The average molecular weight is 631 g/mol. The number of aliphatic hydroxyl groups excluding tert-OH is 1. The Morgan fingerprint density at radius 3 is 1.62 bits per heavy atom. The van der Waals surface area contributed by atoms with E-state index < -0.39 is 0 Å². The first-order chi connectivity index (χ1) is 23.1. The predicted octanol–water partition coefficient (Wildman–Crippen LogP) is 11.6. The van der Waals surface area contributed by atoms with Gasteiger partial charge in [-0.05, 0) is 105 Å². The van der Waals surface area contributed by atoms with Crippen molar-refractivity contribution in [3.05, 3.63) is 120 Å². The fraction of sp³-hybridized carbons (Fsp3) is 0.419. The van der Waals surface area contributed by atoms with E-state index >= 15 is 0 Å². The molecule has 0 aliphatic carbocycles. The molecule has 0 aliphatic heterocycles. The lowest BCUT2D eigenvalue weighted by molar-refractivity contribution is -0.112. The Labute approximate surface area is 283 Å². The Balaban J connectivity index is 1.07. The quantitative estimate of drug-likeness (QED) is 0.0533. The van der Waals surface area contributed by atoms with Crippen LogP contribution in [0.25, 0.3) is 22.5 Å². The molecule has 1 N–H and O–H groups in total. The number of unbranched alkanes of at least 4 members (excludes halogenated alkanes) is 11. The molecule has 4 heteroatoms. The molecule has 0 atom stereocenters. The molecule has 0 fully saturated rings. The number of aryl methyl sites for hydroxylation is 3. The largest absolute Gasteiger partial charge is 0.512 e. The summed E-state index contributed by atoms with van der Waals surface area (Å²) in [6, 6.07) is 28.3. The van der Waals surface area contributed by atoms with Gasteiger partial charge in [-0.1, -0.05) is 100 Å². The first kappa shape index (κ1) is 35.8. The van der Waals surface area contributed by atoms with E-state index in [4.69, 9.17) is 4.98 Å². The van der Waals surface area contributed by atoms with Crippen molar-refractivity contribution in [2.24, 2.45) is 0 Å². The van der Waals surface area contributed by atoms with Gasteiger partial charge in [-0.15, -0.1) is 0 Å². The summed E-state index contributed by atoms with van der Waals surface area (Å²) in [6.45, 7) is 1.47. The molecule has 2 aromatic carbocycles. The van der Waals surface area contributed by atoms with E-state index in [1.54, 1.807) is 0 Å². The monoisotopic (exact) mass is 630 g/mol. The topological polar surface area (TPSA) is 63.1 Å². The molecule has 0 aliphatic rings. The number of ketones is 1. The van der Waals surface area contributed by atoms with E-state index in [-0.39, 0.29) is 11.5 Å². The highest BCUT2D eigenvalue weighted by atomic mass is 16.3. The van der Waals surface area contributed by atoms with Crippen LogP contribution in [0.2, 0.25) is 0 Å². The Morgan fingerprint density at radius 1 is 0.553 bits per heavy atom. The van der Waals surface area contributed by atoms with Crippen molar-refractivity contribution in [3.63, 3.8) is 0 Å². The van der Waals surface area contributed by atoms with Crippen LogP contribution < -0.4 is 0 Å². The molecule has 0 saturated heterocycles. The van der Waals surface area contributed by atoms with E-state index in [0.29, 0.717) is 6.42 Å². The van der Waals surface area contributed by atoms with Gasteiger partial charge in [0.15, 0.2) is 5.78 Å². The summed E-state index contributed by atoms with van der Waals surface area (Å²) >= 11 is 0. The van der Waals surface area contributed by atoms with Gasteiger partial charge in [-0.25, -0.2) is 0 Å². The SMILES string of the molecule is CC(=O)C=C(O)CCCCCCCCCc1ccnc(-c2cccc(CCCCCCCCc3cccc(-c4ccccn4)c3)c2)c1. The highest BCUT2D eigenvalue weighted by Gasteiger charge is 2.05. The van der Waals surface area contributed by atoms with Crippen LogP contribution in [-0.4, -0.2) is 20.9 Å². The van der Waals surface area contributed by atoms with Gasteiger partial charge in [0, 0.05) is 36.0 Å². The molecule has 0 amide bonds. The first-order valence-electron chi connectivity index (χ1n) is 18.0. The number of benzene rings is 2. The minimum absolute atomic E-state index is 0.0861. The summed E-state index contributed by atoms with van der Waals surface area (Å²) in [4.78, 5) is 20.2. The molecule has 0 saturated carbocycles. The van der Waals surface area contributed by atoms with Crippen LogP contribution in [0.15, 0.2) is 103 Å².